The van der Waals surface area contributed by atoms with Crippen LogP contribution in [-0.4, -0.2) is 73.2 Å². The average molecular weight is 209 g/mol. The SMILES string of the molecule is NCC(O)c1ccc(O)c(O)c1.[KH]. The predicted molar refractivity (Wildman–Crippen MR) is 50.9 cm³/mol. The topological polar surface area (TPSA) is 86.7 Å². The van der Waals surface area contributed by atoms with Crippen molar-refractivity contribution in [3.8, 4) is 11.5 Å². The van der Waals surface area contributed by atoms with Gasteiger partial charge >= 0.3 is 51.4 Å². The van der Waals surface area contributed by atoms with Gasteiger partial charge in [-0.15, -0.1) is 0 Å². The molecule has 1 aromatic rings. The molecule has 0 spiro atoms. The maximum absolute atomic E-state index is 9.23. The van der Waals surface area contributed by atoms with Crippen molar-refractivity contribution < 1.29 is 15.3 Å². The van der Waals surface area contributed by atoms with Crippen LogP contribution in [0, 0.1) is 0 Å². The Kier molecular flexibility index (Phi) is 6.15. The van der Waals surface area contributed by atoms with E-state index >= 15 is 0 Å². The Hall–Kier alpha value is 0.376. The molecule has 1 aromatic carbocycles. The number of aromatic hydroxyl groups is 2. The van der Waals surface area contributed by atoms with E-state index in [4.69, 9.17) is 15.9 Å². The van der Waals surface area contributed by atoms with Crippen molar-refractivity contribution >= 4 is 51.4 Å². The fourth-order valence-corrected chi connectivity index (χ4v) is 0.884. The Labute approximate surface area is 119 Å². The van der Waals surface area contributed by atoms with Crippen LogP contribution in [0.5, 0.6) is 11.5 Å². The third-order valence-electron chi connectivity index (χ3n) is 1.61. The zero-order valence-electron chi connectivity index (χ0n) is 6.44. The van der Waals surface area contributed by atoms with Crippen LogP contribution in [0.3, 0.4) is 0 Å². The number of benzene rings is 1. The maximum atomic E-state index is 9.23. The van der Waals surface area contributed by atoms with Crippen LogP contribution in [0.4, 0.5) is 0 Å². The summed E-state index contributed by atoms with van der Waals surface area (Å²) in [6, 6.07) is 4.10. The second-order valence-corrected chi connectivity index (χ2v) is 2.50. The van der Waals surface area contributed by atoms with Gasteiger partial charge in [0, 0.05) is 6.54 Å². The molecular formula is C8H12KNO3. The van der Waals surface area contributed by atoms with Crippen molar-refractivity contribution in [2.45, 2.75) is 6.10 Å². The molecule has 0 saturated heterocycles. The van der Waals surface area contributed by atoms with Crippen molar-refractivity contribution in [2.75, 3.05) is 6.54 Å². The van der Waals surface area contributed by atoms with Crippen molar-refractivity contribution in [1.29, 1.82) is 0 Å². The normalized spacial score (nSPS) is 11.8. The number of phenols is 2. The van der Waals surface area contributed by atoms with Gasteiger partial charge in [-0.25, -0.2) is 0 Å². The van der Waals surface area contributed by atoms with Crippen LogP contribution in [0.15, 0.2) is 18.2 Å². The molecule has 0 aliphatic heterocycles. The number of aliphatic hydroxyl groups is 1. The van der Waals surface area contributed by atoms with Gasteiger partial charge in [-0.05, 0) is 17.7 Å². The van der Waals surface area contributed by atoms with Crippen LogP contribution in [0.25, 0.3) is 0 Å². The van der Waals surface area contributed by atoms with Crippen LogP contribution in [0.1, 0.15) is 11.7 Å². The molecule has 13 heavy (non-hydrogen) atoms. The zero-order chi connectivity index (χ0) is 9.14. The number of phenolic OH excluding ortho intramolecular Hbond substituents is 2. The van der Waals surface area contributed by atoms with E-state index in [0.29, 0.717) is 5.56 Å². The summed E-state index contributed by atoms with van der Waals surface area (Å²) in [6.45, 7) is 0.0875. The summed E-state index contributed by atoms with van der Waals surface area (Å²) in [5.74, 6) is -0.456. The Morgan fingerprint density at radius 1 is 1.23 bits per heavy atom. The Balaban J connectivity index is 0.00000144. The third-order valence-corrected chi connectivity index (χ3v) is 1.61. The van der Waals surface area contributed by atoms with Gasteiger partial charge in [-0.3, -0.25) is 0 Å². The zero-order valence-corrected chi connectivity index (χ0v) is 6.44. The van der Waals surface area contributed by atoms with Gasteiger partial charge in [0.1, 0.15) is 0 Å². The minimum absolute atomic E-state index is 0. The standard InChI is InChI=1S/C8H11NO3.K.H/c9-4-8(12)5-1-2-6(10)7(11)3-5;;/h1-3,8,10-12H,4,9H2;;. The summed E-state index contributed by atoms with van der Waals surface area (Å²) >= 11 is 0. The quantitative estimate of drug-likeness (QED) is 0.388. The van der Waals surface area contributed by atoms with E-state index in [2.05, 4.69) is 0 Å². The summed E-state index contributed by atoms with van der Waals surface area (Å²) in [6.07, 6.45) is -0.795. The first kappa shape index (κ1) is 13.4. The van der Waals surface area contributed by atoms with Gasteiger partial charge in [-0.1, -0.05) is 6.07 Å². The molecular weight excluding hydrogens is 197 g/mol. The van der Waals surface area contributed by atoms with Gasteiger partial charge in [-0.2, -0.15) is 0 Å². The Morgan fingerprint density at radius 2 is 1.85 bits per heavy atom. The van der Waals surface area contributed by atoms with E-state index in [1.807, 2.05) is 0 Å². The van der Waals surface area contributed by atoms with E-state index < -0.39 is 6.10 Å². The predicted octanol–water partition coefficient (Wildman–Crippen LogP) is -0.559. The molecule has 1 atom stereocenters. The molecule has 0 fully saturated rings. The monoisotopic (exact) mass is 209 g/mol. The first-order valence-corrected chi connectivity index (χ1v) is 3.55. The number of rotatable bonds is 2. The summed E-state index contributed by atoms with van der Waals surface area (Å²) in [5, 5.41) is 27.2. The van der Waals surface area contributed by atoms with E-state index in [1.54, 1.807) is 0 Å². The van der Waals surface area contributed by atoms with Crippen molar-refractivity contribution in [2.24, 2.45) is 5.73 Å². The number of nitrogens with two attached hydrogens (primary N) is 1. The van der Waals surface area contributed by atoms with Gasteiger partial charge in [0.05, 0.1) is 6.10 Å². The van der Waals surface area contributed by atoms with Crippen molar-refractivity contribution in [1.82, 2.24) is 0 Å². The third kappa shape index (κ3) is 3.55. The van der Waals surface area contributed by atoms with Gasteiger partial charge in [0.25, 0.3) is 0 Å². The molecule has 5 heteroatoms. The summed E-state index contributed by atoms with van der Waals surface area (Å²) < 4.78 is 0. The first-order valence-electron chi connectivity index (χ1n) is 3.55. The molecule has 1 unspecified atom stereocenters. The minimum atomic E-state index is -0.795. The summed E-state index contributed by atoms with van der Waals surface area (Å²) in [7, 11) is 0. The van der Waals surface area contributed by atoms with Gasteiger partial charge in [0.2, 0.25) is 0 Å². The second-order valence-electron chi connectivity index (χ2n) is 2.50. The molecule has 0 heterocycles. The average Bonchev–Trinajstić information content (AvgIpc) is 2.08. The molecule has 1 rings (SSSR count). The van der Waals surface area contributed by atoms with E-state index in [9.17, 15) is 5.11 Å². The van der Waals surface area contributed by atoms with E-state index in [-0.39, 0.29) is 69.4 Å². The number of hydrogen-bond acceptors (Lipinski definition) is 4. The van der Waals surface area contributed by atoms with Gasteiger partial charge < -0.3 is 21.1 Å². The second kappa shape index (κ2) is 5.97. The van der Waals surface area contributed by atoms with E-state index in [1.165, 1.54) is 18.2 Å². The molecule has 0 aliphatic carbocycles. The molecule has 68 valence electrons. The molecule has 0 aliphatic rings. The van der Waals surface area contributed by atoms with Gasteiger partial charge in [0.15, 0.2) is 11.5 Å². The summed E-state index contributed by atoms with van der Waals surface area (Å²) in [4.78, 5) is 0. The fraction of sp³-hybridized carbons (Fsp3) is 0.250. The van der Waals surface area contributed by atoms with Crippen molar-refractivity contribution in [3.63, 3.8) is 0 Å². The molecule has 0 saturated carbocycles. The van der Waals surface area contributed by atoms with E-state index in [0.717, 1.165) is 0 Å². The summed E-state index contributed by atoms with van der Waals surface area (Å²) in [5.41, 5.74) is 5.69. The molecule has 4 nitrogen and oxygen atoms in total. The molecule has 0 bridgehead atoms. The molecule has 0 radical (unpaired) electrons. The molecule has 0 amide bonds. The Morgan fingerprint density at radius 3 is 2.31 bits per heavy atom. The van der Waals surface area contributed by atoms with Crippen LogP contribution in [-0.2, 0) is 0 Å². The Bertz CT molecular complexity index is 280. The van der Waals surface area contributed by atoms with Crippen LogP contribution in [0.2, 0.25) is 0 Å². The van der Waals surface area contributed by atoms with Crippen molar-refractivity contribution in [3.05, 3.63) is 23.8 Å². The van der Waals surface area contributed by atoms with Crippen LogP contribution >= 0.6 is 0 Å². The molecule has 0 aromatic heterocycles. The fourth-order valence-electron chi connectivity index (χ4n) is 0.884. The number of aliphatic hydroxyl groups excluding tert-OH is 1. The molecule has 5 N–H and O–H groups in total. The van der Waals surface area contributed by atoms with Crippen LogP contribution < -0.4 is 5.73 Å². The first-order chi connectivity index (χ1) is 5.65. The number of hydrogen-bond donors (Lipinski definition) is 4.